The van der Waals surface area contributed by atoms with Gasteiger partial charge in [0.15, 0.2) is 0 Å². The molecule has 1 N–H and O–H groups in total. The zero-order valence-electron chi connectivity index (χ0n) is 11.2. The van der Waals surface area contributed by atoms with Crippen LogP contribution in [0.25, 0.3) is 0 Å². The Bertz CT molecular complexity index is 456. The van der Waals surface area contributed by atoms with Crippen molar-refractivity contribution in [2.24, 2.45) is 5.10 Å². The number of anilines is 1. The predicted molar refractivity (Wildman–Crippen MR) is 76.1 cm³/mol. The lowest BCUT2D eigenvalue weighted by molar-refractivity contribution is -0.119. The van der Waals surface area contributed by atoms with Crippen LogP contribution in [-0.2, 0) is 4.79 Å². The fourth-order valence-electron chi connectivity index (χ4n) is 2.14. The summed E-state index contributed by atoms with van der Waals surface area (Å²) in [5, 5.41) is 15.8. The molecule has 0 aliphatic carbocycles. The normalized spacial score (nSPS) is 24.1. The van der Waals surface area contributed by atoms with Gasteiger partial charge in [-0.05, 0) is 37.8 Å². The van der Waals surface area contributed by atoms with Crippen LogP contribution in [0.1, 0.15) is 39.0 Å². The second-order valence-corrected chi connectivity index (χ2v) is 4.79. The number of aliphatic hydroxyl groups is 1. The zero-order chi connectivity index (χ0) is 13.7. The van der Waals surface area contributed by atoms with Crippen molar-refractivity contribution in [3.8, 4) is 0 Å². The summed E-state index contributed by atoms with van der Waals surface area (Å²) in [6, 6.07) is 9.46. The third-order valence-corrected chi connectivity index (χ3v) is 3.34. The molecule has 2 rings (SSSR count). The highest BCUT2D eigenvalue weighted by Crippen LogP contribution is 2.20. The average molecular weight is 260 g/mol. The van der Waals surface area contributed by atoms with Gasteiger partial charge in [-0.15, -0.1) is 0 Å². The molecule has 0 bridgehead atoms. The summed E-state index contributed by atoms with van der Waals surface area (Å²) in [6.07, 6.45) is 2.65. The second-order valence-electron chi connectivity index (χ2n) is 4.79. The molecule has 1 aromatic rings. The van der Waals surface area contributed by atoms with Crippen molar-refractivity contribution in [2.75, 3.05) is 5.01 Å². The van der Waals surface area contributed by atoms with E-state index in [9.17, 15) is 9.90 Å². The van der Waals surface area contributed by atoms with E-state index in [2.05, 4.69) is 5.10 Å². The number of hydrogen-bond acceptors (Lipinski definition) is 3. The van der Waals surface area contributed by atoms with Gasteiger partial charge in [0.25, 0.3) is 0 Å². The van der Waals surface area contributed by atoms with E-state index in [0.717, 1.165) is 24.2 Å². The Morgan fingerprint density at radius 3 is 2.63 bits per heavy atom. The van der Waals surface area contributed by atoms with Gasteiger partial charge in [-0.2, -0.15) is 5.10 Å². The molecule has 0 saturated carbocycles. The van der Waals surface area contributed by atoms with E-state index in [0.29, 0.717) is 19.3 Å². The van der Waals surface area contributed by atoms with Gasteiger partial charge in [0.05, 0.1) is 11.8 Å². The van der Waals surface area contributed by atoms with Crippen LogP contribution in [0.4, 0.5) is 5.69 Å². The predicted octanol–water partition coefficient (Wildman–Crippen LogP) is 2.72. The molecule has 19 heavy (non-hydrogen) atoms. The van der Waals surface area contributed by atoms with Gasteiger partial charge < -0.3 is 5.11 Å². The van der Waals surface area contributed by atoms with Crippen molar-refractivity contribution in [3.05, 3.63) is 30.3 Å². The lowest BCUT2D eigenvalue weighted by Crippen LogP contribution is -2.26. The lowest BCUT2D eigenvalue weighted by atomic mass is 10.1. The maximum atomic E-state index is 12.2. The number of rotatable bonds is 2. The first-order valence-electron chi connectivity index (χ1n) is 6.83. The minimum absolute atomic E-state index is 0.0573. The van der Waals surface area contributed by atoms with Gasteiger partial charge in [0.2, 0.25) is 5.91 Å². The molecular formula is C15H20N2O2. The molecule has 102 valence electrons. The molecule has 1 heterocycles. The Labute approximate surface area is 113 Å². The van der Waals surface area contributed by atoms with E-state index in [4.69, 9.17) is 0 Å². The molecule has 4 nitrogen and oxygen atoms in total. The van der Waals surface area contributed by atoms with Gasteiger partial charge in [-0.25, -0.2) is 5.01 Å². The van der Waals surface area contributed by atoms with Crippen LogP contribution < -0.4 is 5.01 Å². The Morgan fingerprint density at radius 1 is 1.26 bits per heavy atom. The monoisotopic (exact) mass is 260 g/mol. The maximum absolute atomic E-state index is 12.2. The zero-order valence-corrected chi connectivity index (χ0v) is 11.2. The van der Waals surface area contributed by atoms with Crippen molar-refractivity contribution in [3.63, 3.8) is 0 Å². The summed E-state index contributed by atoms with van der Waals surface area (Å²) < 4.78 is 0. The van der Waals surface area contributed by atoms with Crippen LogP contribution in [0.5, 0.6) is 0 Å². The quantitative estimate of drug-likeness (QED) is 0.889. The van der Waals surface area contributed by atoms with Crippen molar-refractivity contribution in [2.45, 2.75) is 45.1 Å². The van der Waals surface area contributed by atoms with Gasteiger partial charge in [0.1, 0.15) is 0 Å². The van der Waals surface area contributed by atoms with Crippen LogP contribution >= 0.6 is 0 Å². The molecular weight excluding hydrogens is 240 g/mol. The number of amides is 1. The minimum atomic E-state index is -0.406. The van der Waals surface area contributed by atoms with Crippen LogP contribution in [0.15, 0.2) is 35.4 Å². The summed E-state index contributed by atoms with van der Waals surface area (Å²) in [5.74, 6) is -0.0573. The molecule has 0 radical (unpaired) electrons. The number of carbonyl (C=O) groups is 1. The maximum Gasteiger partial charge on any atom is 0.247 e. The van der Waals surface area contributed by atoms with Crippen LogP contribution in [0, 0.1) is 0 Å². The molecule has 1 aliphatic rings. The van der Waals surface area contributed by atoms with E-state index in [1.165, 1.54) is 5.01 Å². The molecule has 0 aromatic heterocycles. The molecule has 0 saturated heterocycles. The number of para-hydroxylation sites is 1. The first kappa shape index (κ1) is 13.7. The number of hydrogen-bond donors (Lipinski definition) is 1. The first-order chi connectivity index (χ1) is 9.20. The fraction of sp³-hybridized carbons (Fsp3) is 0.467. The SMILES string of the molecule is CC/C1=N/N(c2ccccc2)C(=O)CCC(O)CC1. The van der Waals surface area contributed by atoms with Crippen molar-refractivity contribution in [1.82, 2.24) is 0 Å². The number of carbonyl (C=O) groups excluding carboxylic acids is 1. The number of aliphatic hydroxyl groups excluding tert-OH is 1. The third kappa shape index (κ3) is 3.64. The van der Waals surface area contributed by atoms with Gasteiger partial charge in [-0.3, -0.25) is 4.79 Å². The van der Waals surface area contributed by atoms with Crippen LogP contribution in [0.3, 0.4) is 0 Å². The molecule has 4 heteroatoms. The first-order valence-corrected chi connectivity index (χ1v) is 6.83. The van der Waals surface area contributed by atoms with E-state index < -0.39 is 6.10 Å². The summed E-state index contributed by atoms with van der Waals surface area (Å²) in [5.41, 5.74) is 1.74. The molecule has 1 aromatic carbocycles. The minimum Gasteiger partial charge on any atom is -0.393 e. The topological polar surface area (TPSA) is 52.9 Å². The molecule has 0 spiro atoms. The summed E-state index contributed by atoms with van der Waals surface area (Å²) in [4.78, 5) is 12.2. The Kier molecular flexibility index (Phi) is 4.68. The highest BCUT2D eigenvalue weighted by molar-refractivity contribution is 5.96. The standard InChI is InChI=1S/C15H20N2O2/c1-2-12-8-9-14(18)10-11-15(19)17(16-12)13-6-4-3-5-7-13/h3-7,14,18H,2,8-11H2,1H3/b16-12-. The highest BCUT2D eigenvalue weighted by atomic mass is 16.3. The smallest absolute Gasteiger partial charge is 0.247 e. The Balaban J connectivity index is 2.31. The van der Waals surface area contributed by atoms with Gasteiger partial charge in [0, 0.05) is 12.1 Å². The Morgan fingerprint density at radius 2 is 1.95 bits per heavy atom. The fourth-order valence-corrected chi connectivity index (χ4v) is 2.14. The molecule has 1 amide bonds. The average Bonchev–Trinajstić information content (AvgIpc) is 2.51. The van der Waals surface area contributed by atoms with E-state index in [1.807, 2.05) is 37.3 Å². The van der Waals surface area contributed by atoms with E-state index in [1.54, 1.807) is 0 Å². The number of hydrazone groups is 1. The van der Waals surface area contributed by atoms with Crippen molar-refractivity contribution < 1.29 is 9.90 Å². The largest absolute Gasteiger partial charge is 0.393 e. The van der Waals surface area contributed by atoms with E-state index >= 15 is 0 Å². The molecule has 1 atom stereocenters. The van der Waals surface area contributed by atoms with Crippen molar-refractivity contribution >= 4 is 17.3 Å². The molecule has 0 fully saturated rings. The summed E-state index contributed by atoms with van der Waals surface area (Å²) in [7, 11) is 0. The summed E-state index contributed by atoms with van der Waals surface area (Å²) >= 11 is 0. The third-order valence-electron chi connectivity index (χ3n) is 3.34. The number of benzene rings is 1. The highest BCUT2D eigenvalue weighted by Gasteiger charge is 2.20. The molecule has 1 aliphatic heterocycles. The van der Waals surface area contributed by atoms with Crippen LogP contribution in [-0.4, -0.2) is 22.8 Å². The Hall–Kier alpha value is -1.68. The van der Waals surface area contributed by atoms with Gasteiger partial charge in [-0.1, -0.05) is 25.1 Å². The number of nitrogens with zero attached hydrogens (tertiary/aromatic N) is 2. The molecule has 1 unspecified atom stereocenters. The summed E-state index contributed by atoms with van der Waals surface area (Å²) in [6.45, 7) is 2.02. The van der Waals surface area contributed by atoms with Gasteiger partial charge >= 0.3 is 0 Å². The van der Waals surface area contributed by atoms with E-state index in [-0.39, 0.29) is 5.91 Å². The van der Waals surface area contributed by atoms with Crippen LogP contribution in [0.2, 0.25) is 0 Å². The van der Waals surface area contributed by atoms with Crippen molar-refractivity contribution in [1.29, 1.82) is 0 Å². The lowest BCUT2D eigenvalue weighted by Gasteiger charge is -2.18. The second kappa shape index (κ2) is 6.48.